The molecule has 0 atom stereocenters. The lowest BCUT2D eigenvalue weighted by molar-refractivity contribution is 0.102. The van der Waals surface area contributed by atoms with Gasteiger partial charge in [-0.25, -0.2) is 4.79 Å². The molecule has 382 valence electrons. The Morgan fingerprint density at radius 1 is 0.479 bits per heavy atom. The number of primary amides is 1. The van der Waals surface area contributed by atoms with Gasteiger partial charge in [0.2, 0.25) is 0 Å². The van der Waals surface area contributed by atoms with Crippen LogP contribution in [0.3, 0.4) is 0 Å². The molecule has 7 rings (SSSR count). The van der Waals surface area contributed by atoms with Gasteiger partial charge in [-0.3, -0.25) is 27.6 Å². The average molecular weight is 1100 g/mol. The second-order valence-electron chi connectivity index (χ2n) is 14.7. The number of aromatic hydroxyl groups is 2. The molecule has 0 saturated carbocycles. The van der Waals surface area contributed by atoms with Gasteiger partial charge in [0, 0.05) is 33.4 Å². The summed E-state index contributed by atoms with van der Waals surface area (Å²) in [7, 11) is -24.7. The summed E-state index contributed by atoms with van der Waals surface area (Å²) in [5, 5.41) is 40.1. The van der Waals surface area contributed by atoms with E-state index in [0.29, 0.717) is 6.07 Å². The Labute approximate surface area is 411 Å². The van der Waals surface area contributed by atoms with Crippen molar-refractivity contribution in [3.05, 3.63) is 115 Å². The first-order valence-electron chi connectivity index (χ1n) is 19.3. The molecule has 28 nitrogen and oxygen atoms in total. The van der Waals surface area contributed by atoms with Crippen LogP contribution in [0.1, 0.15) is 10.4 Å². The molecule has 3 amide bonds. The van der Waals surface area contributed by atoms with E-state index in [1.54, 1.807) is 6.07 Å². The Bertz CT molecular complexity index is 4110. The van der Waals surface area contributed by atoms with Gasteiger partial charge in [-0.1, -0.05) is 18.2 Å². The third-order valence-electron chi connectivity index (χ3n) is 9.62. The van der Waals surface area contributed by atoms with Crippen molar-refractivity contribution in [1.29, 1.82) is 0 Å². The van der Waals surface area contributed by atoms with Crippen LogP contribution in [-0.4, -0.2) is 87.0 Å². The number of rotatable bonds is 12. The molecular formula is C40H33N9O19S5. The van der Waals surface area contributed by atoms with Gasteiger partial charge in [-0.2, -0.15) is 42.1 Å². The summed E-state index contributed by atoms with van der Waals surface area (Å²) in [6.45, 7) is 0. The molecule has 33 heteroatoms. The van der Waals surface area contributed by atoms with Crippen molar-refractivity contribution in [2.45, 2.75) is 24.5 Å². The van der Waals surface area contributed by atoms with E-state index in [-0.39, 0.29) is 33.4 Å². The fourth-order valence-electron chi connectivity index (χ4n) is 6.52. The van der Waals surface area contributed by atoms with Crippen molar-refractivity contribution >= 4 is 130 Å². The summed E-state index contributed by atoms with van der Waals surface area (Å²) in [4.78, 5) is 19.6. The predicted octanol–water partition coefficient (Wildman–Crippen LogP) is 6.06. The van der Waals surface area contributed by atoms with Crippen LogP contribution in [0.2, 0.25) is 0 Å². The summed E-state index contributed by atoms with van der Waals surface area (Å²) in [6, 6.07) is 19.9. The maximum atomic E-state index is 12.8. The normalized spacial score (nSPS) is 12.5. The monoisotopic (exact) mass is 1100 g/mol. The first-order chi connectivity index (χ1) is 33.7. The lowest BCUT2D eigenvalue weighted by Gasteiger charge is -2.15. The minimum Gasteiger partial charge on any atom is -0.505 e. The number of anilines is 4. The minimum atomic E-state index is -5.23. The Balaban J connectivity index is 0.000000246. The van der Waals surface area contributed by atoms with Gasteiger partial charge in [-0.05, 0) is 102 Å². The molecule has 0 aromatic heterocycles. The number of hydrogen-bond donors (Lipinski definition) is 12. The van der Waals surface area contributed by atoms with Crippen molar-refractivity contribution < 1.29 is 84.7 Å². The first-order valence-corrected chi connectivity index (χ1v) is 26.5. The molecule has 0 fully saturated rings. The van der Waals surface area contributed by atoms with E-state index < -0.39 is 138 Å². The fourth-order valence-corrected chi connectivity index (χ4v) is 9.58. The van der Waals surface area contributed by atoms with E-state index in [9.17, 15) is 84.7 Å². The zero-order chi connectivity index (χ0) is 54.2. The number of carbonyl (C=O) groups is 2. The van der Waals surface area contributed by atoms with E-state index in [1.807, 2.05) is 0 Å². The number of carbonyl (C=O) groups excluding carboxylic acids is 2. The summed E-state index contributed by atoms with van der Waals surface area (Å²) < 4.78 is 167. The molecule has 15 N–H and O–H groups in total. The van der Waals surface area contributed by atoms with E-state index in [2.05, 4.69) is 31.1 Å². The van der Waals surface area contributed by atoms with Crippen LogP contribution in [0.5, 0.6) is 11.5 Å². The van der Waals surface area contributed by atoms with Gasteiger partial charge in [0.05, 0.1) is 10.6 Å². The molecule has 7 aromatic carbocycles. The molecule has 0 aliphatic heterocycles. The van der Waals surface area contributed by atoms with Crippen LogP contribution in [0, 0.1) is 0 Å². The number of azo groups is 2. The zero-order valence-electron chi connectivity index (χ0n) is 36.0. The van der Waals surface area contributed by atoms with Crippen molar-refractivity contribution in [2.75, 3.05) is 22.1 Å². The van der Waals surface area contributed by atoms with E-state index in [1.165, 1.54) is 48.5 Å². The molecule has 0 unspecified atom stereocenters. The molecular weight excluding hydrogens is 1070 g/mol. The second-order valence-corrected chi connectivity index (χ2v) is 21.7. The lowest BCUT2D eigenvalue weighted by atomic mass is 10.1. The highest BCUT2D eigenvalue weighted by Crippen LogP contribution is 2.46. The molecule has 0 heterocycles. The number of phenols is 2. The third-order valence-corrected chi connectivity index (χ3v) is 14.0. The van der Waals surface area contributed by atoms with Crippen LogP contribution in [0.4, 0.5) is 50.3 Å². The number of fused-ring (bicyclic) bond motifs is 2. The summed E-state index contributed by atoms with van der Waals surface area (Å²) >= 11 is 0. The maximum Gasteiger partial charge on any atom is 0.316 e. The number of hydrogen-bond acceptors (Lipinski definition) is 20. The average Bonchev–Trinajstić information content (AvgIpc) is 3.26. The number of amides is 3. The number of nitrogens with two attached hydrogens (primary N) is 3. The number of urea groups is 1. The van der Waals surface area contributed by atoms with Gasteiger partial charge >= 0.3 is 6.03 Å². The van der Waals surface area contributed by atoms with Crippen molar-refractivity contribution in [3.63, 3.8) is 0 Å². The van der Waals surface area contributed by atoms with Crippen LogP contribution in [-0.2, 0) is 50.6 Å². The highest BCUT2D eigenvalue weighted by Gasteiger charge is 2.28. The standard InChI is InChI=1S/C23H18N4O11S3.C17H15N5O8S2/c24-14-6-7-18(40(33,34)35)16(10-14)26-27-21-19(41(36,37)38)9-13-8-15(39(30,31)32)11-17(20(13)22(21)28)25-23(29)12-4-2-1-3-5-12;18-9-1-4-13(31(25,26)27)12(7-9)21-22-15-14(32(28,29)30)6-8-5-10(20-17(19)24)2-3-11(8)16(15)23/h1-11,28H,24H2,(H,25,29)(H,30,31,32)(H,33,34,35)(H,36,37,38);1-7,23H,18H2,(H3,19,20,24)(H,25,26,27)(H,28,29,30). The summed E-state index contributed by atoms with van der Waals surface area (Å²) in [5.74, 6) is -2.57. The molecule has 0 aliphatic rings. The van der Waals surface area contributed by atoms with Gasteiger partial charge in [0.15, 0.2) is 11.5 Å². The molecule has 0 saturated heterocycles. The molecule has 0 bridgehead atoms. The summed E-state index contributed by atoms with van der Waals surface area (Å²) in [5.41, 5.74) is 13.4. The van der Waals surface area contributed by atoms with Gasteiger partial charge in [0.25, 0.3) is 56.5 Å². The first kappa shape index (κ1) is 54.1. The Morgan fingerprint density at radius 3 is 1.42 bits per heavy atom. The second kappa shape index (κ2) is 20.1. The molecule has 0 aliphatic carbocycles. The van der Waals surface area contributed by atoms with Gasteiger partial charge in [-0.15, -0.1) is 20.5 Å². The summed E-state index contributed by atoms with van der Waals surface area (Å²) in [6.07, 6.45) is 0. The van der Waals surface area contributed by atoms with E-state index in [4.69, 9.17) is 17.2 Å². The SMILES string of the molecule is NC(=O)Nc1ccc2c(O)c(N=Nc3cc(N)ccc3S(=O)(=O)O)c(S(=O)(=O)O)cc2c1.Nc1ccc(S(=O)(=O)O)c(N=Nc2c(S(=O)(=O)O)cc3cc(S(=O)(=O)O)cc(NC(=O)c4ccccc4)c3c2O)c1. The maximum absolute atomic E-state index is 12.8. The number of nitrogen functional groups attached to an aromatic ring is 2. The Morgan fingerprint density at radius 2 is 0.959 bits per heavy atom. The molecule has 7 aromatic rings. The highest BCUT2D eigenvalue weighted by atomic mass is 32.2. The minimum absolute atomic E-state index is 0.0345. The molecule has 0 spiro atoms. The zero-order valence-corrected chi connectivity index (χ0v) is 40.1. The van der Waals surface area contributed by atoms with Crippen LogP contribution >= 0.6 is 0 Å². The van der Waals surface area contributed by atoms with Crippen LogP contribution in [0.15, 0.2) is 154 Å². The predicted molar refractivity (Wildman–Crippen MR) is 258 cm³/mol. The third kappa shape index (κ3) is 12.6. The van der Waals surface area contributed by atoms with E-state index in [0.717, 1.165) is 48.5 Å². The quantitative estimate of drug-likeness (QED) is 0.0375. The van der Waals surface area contributed by atoms with Crippen LogP contribution in [0.25, 0.3) is 21.5 Å². The largest absolute Gasteiger partial charge is 0.505 e. The van der Waals surface area contributed by atoms with Crippen molar-refractivity contribution in [2.24, 2.45) is 26.2 Å². The Hall–Kier alpha value is -8.25. The van der Waals surface area contributed by atoms with Crippen molar-refractivity contribution in [3.8, 4) is 11.5 Å². The molecule has 73 heavy (non-hydrogen) atoms. The smallest absolute Gasteiger partial charge is 0.316 e. The van der Waals surface area contributed by atoms with E-state index >= 15 is 0 Å². The van der Waals surface area contributed by atoms with Crippen molar-refractivity contribution in [1.82, 2.24) is 0 Å². The number of nitrogens with one attached hydrogen (secondary N) is 2. The topological polar surface area (TPSA) is 498 Å². The fraction of sp³-hybridized carbons (Fsp3) is 0. The van der Waals surface area contributed by atoms with Gasteiger partial charge < -0.3 is 38.0 Å². The van der Waals surface area contributed by atoms with Gasteiger partial charge in [0.1, 0.15) is 42.3 Å². The number of phenolic OH excluding ortho intramolecular Hbond substituents is 2. The number of benzene rings is 7. The molecule has 0 radical (unpaired) electrons. The highest BCUT2D eigenvalue weighted by molar-refractivity contribution is 7.87. The lowest BCUT2D eigenvalue weighted by Crippen LogP contribution is -2.19. The Kier molecular flexibility index (Phi) is 14.9. The number of nitrogens with zero attached hydrogens (tertiary/aromatic N) is 4. The van der Waals surface area contributed by atoms with Crippen LogP contribution < -0.4 is 27.8 Å².